The molecule has 3 heterocycles. The number of methoxy groups -OCH3 is 1. The molecule has 4 rings (SSSR count). The zero-order valence-corrected chi connectivity index (χ0v) is 15.7. The number of ether oxygens (including phenoxy) is 1. The van der Waals surface area contributed by atoms with E-state index in [0.717, 1.165) is 54.0 Å². The zero-order valence-electron chi connectivity index (χ0n) is 15.7. The predicted octanol–water partition coefficient (Wildman–Crippen LogP) is 2.50. The highest BCUT2D eigenvalue weighted by atomic mass is 19.1. The zero-order chi connectivity index (χ0) is 19.8. The van der Waals surface area contributed by atoms with Gasteiger partial charge in [-0.15, -0.1) is 0 Å². The summed E-state index contributed by atoms with van der Waals surface area (Å²) < 4.78 is 20.5. The van der Waals surface area contributed by atoms with E-state index in [4.69, 9.17) is 4.74 Å². The molecule has 0 aromatic carbocycles. The average molecular weight is 384 g/mol. The Morgan fingerprint density at radius 3 is 2.86 bits per heavy atom. The molecule has 7 nitrogen and oxygen atoms in total. The maximum Gasteiger partial charge on any atom is 0.307 e. The summed E-state index contributed by atoms with van der Waals surface area (Å²) in [4.78, 5) is 21.6. The number of carbonyl (C=O) groups is 1. The van der Waals surface area contributed by atoms with Crippen LogP contribution >= 0.6 is 0 Å². The van der Waals surface area contributed by atoms with Crippen molar-refractivity contribution in [1.29, 1.82) is 0 Å². The van der Waals surface area contributed by atoms with Gasteiger partial charge >= 0.3 is 5.97 Å². The van der Waals surface area contributed by atoms with Crippen LogP contribution in [0.25, 0.3) is 5.52 Å². The van der Waals surface area contributed by atoms with E-state index in [1.165, 1.54) is 0 Å². The van der Waals surface area contributed by atoms with Crippen molar-refractivity contribution in [3.8, 4) is 5.75 Å². The second-order valence-electron chi connectivity index (χ2n) is 7.00. The van der Waals surface area contributed by atoms with Gasteiger partial charge < -0.3 is 19.1 Å². The molecule has 1 aliphatic rings. The van der Waals surface area contributed by atoms with Crippen molar-refractivity contribution in [1.82, 2.24) is 14.4 Å². The van der Waals surface area contributed by atoms with Gasteiger partial charge in [-0.2, -0.15) is 0 Å². The third-order valence-corrected chi connectivity index (χ3v) is 5.43. The largest absolute Gasteiger partial charge is 0.497 e. The van der Waals surface area contributed by atoms with Crippen LogP contribution in [-0.2, 0) is 24.1 Å². The van der Waals surface area contributed by atoms with E-state index in [9.17, 15) is 14.3 Å². The third kappa shape index (κ3) is 3.15. The third-order valence-electron chi connectivity index (χ3n) is 5.43. The molecule has 0 aliphatic heterocycles. The fraction of sp³-hybridized carbons (Fsp3) is 0.350. The minimum Gasteiger partial charge on any atom is -0.497 e. The molecule has 1 N–H and O–H groups in total. The molecule has 0 radical (unpaired) electrons. The van der Waals surface area contributed by atoms with Crippen LogP contribution < -0.4 is 9.64 Å². The van der Waals surface area contributed by atoms with Crippen molar-refractivity contribution in [2.75, 3.05) is 19.1 Å². The molecular weight excluding hydrogens is 363 g/mol. The summed E-state index contributed by atoms with van der Waals surface area (Å²) in [6.45, 7) is 0. The Kier molecular flexibility index (Phi) is 4.62. The van der Waals surface area contributed by atoms with Crippen molar-refractivity contribution in [3.63, 3.8) is 0 Å². The number of aromatic nitrogens is 3. The van der Waals surface area contributed by atoms with E-state index < -0.39 is 11.8 Å². The van der Waals surface area contributed by atoms with Crippen LogP contribution in [0.4, 0.5) is 10.3 Å². The number of nitrogens with zero attached hydrogens (tertiary/aromatic N) is 4. The molecule has 3 aromatic heterocycles. The lowest BCUT2D eigenvalue weighted by Crippen LogP contribution is -2.38. The lowest BCUT2D eigenvalue weighted by molar-refractivity contribution is -0.136. The molecule has 0 saturated heterocycles. The van der Waals surface area contributed by atoms with Crippen molar-refractivity contribution < 1.29 is 19.0 Å². The van der Waals surface area contributed by atoms with E-state index in [2.05, 4.69) is 14.4 Å². The molecule has 1 aliphatic carbocycles. The predicted molar refractivity (Wildman–Crippen MR) is 101 cm³/mol. The molecule has 28 heavy (non-hydrogen) atoms. The molecule has 0 amide bonds. The number of carboxylic acid groups (broad SMARTS) is 1. The highest BCUT2D eigenvalue weighted by Crippen LogP contribution is 2.34. The molecular formula is C20H21FN4O3. The molecule has 1 atom stereocenters. The number of fused-ring (bicyclic) bond motifs is 3. The first-order valence-electron chi connectivity index (χ1n) is 9.08. The Bertz CT molecular complexity index is 1030. The first-order chi connectivity index (χ1) is 13.5. The lowest BCUT2D eigenvalue weighted by Gasteiger charge is -2.31. The van der Waals surface area contributed by atoms with E-state index >= 15 is 0 Å². The van der Waals surface area contributed by atoms with Gasteiger partial charge in [0.2, 0.25) is 5.95 Å². The number of anilines is 1. The average Bonchev–Trinajstić information content (AvgIpc) is 3.00. The molecule has 0 bridgehead atoms. The summed E-state index contributed by atoms with van der Waals surface area (Å²) in [5, 5.41) is 9.39. The summed E-state index contributed by atoms with van der Waals surface area (Å²) in [5.74, 6) is -0.143. The van der Waals surface area contributed by atoms with Crippen LogP contribution in [0.15, 0.2) is 30.7 Å². The SMILES string of the molecule is COc1ccn2c3c(c(CC(=O)O)c2c1)CCC(N(C)c1ncc(F)cn1)C3. The molecule has 1 unspecified atom stereocenters. The minimum absolute atomic E-state index is 0.0203. The van der Waals surface area contributed by atoms with Crippen LogP contribution in [0, 0.1) is 5.82 Å². The summed E-state index contributed by atoms with van der Waals surface area (Å²) in [5.41, 5.74) is 3.91. The fourth-order valence-corrected chi connectivity index (χ4v) is 4.03. The molecule has 0 fully saturated rings. The summed E-state index contributed by atoms with van der Waals surface area (Å²) in [7, 11) is 3.50. The summed E-state index contributed by atoms with van der Waals surface area (Å²) in [6, 6.07) is 3.89. The number of likely N-dealkylation sites (N-methyl/N-ethyl adjacent to an activating group) is 1. The van der Waals surface area contributed by atoms with Crippen LogP contribution in [0.1, 0.15) is 23.2 Å². The van der Waals surface area contributed by atoms with Crippen LogP contribution in [-0.4, -0.2) is 45.6 Å². The number of aliphatic carboxylic acids is 1. The lowest BCUT2D eigenvalue weighted by atomic mass is 9.89. The van der Waals surface area contributed by atoms with Gasteiger partial charge in [0, 0.05) is 37.5 Å². The van der Waals surface area contributed by atoms with E-state index in [0.29, 0.717) is 11.7 Å². The van der Waals surface area contributed by atoms with Crippen molar-refractivity contribution in [3.05, 3.63) is 53.4 Å². The van der Waals surface area contributed by atoms with Crippen molar-refractivity contribution in [2.24, 2.45) is 0 Å². The quantitative estimate of drug-likeness (QED) is 0.728. The van der Waals surface area contributed by atoms with Gasteiger partial charge in [-0.1, -0.05) is 0 Å². The van der Waals surface area contributed by atoms with Gasteiger partial charge in [-0.3, -0.25) is 4.79 Å². The Labute approximate surface area is 161 Å². The van der Waals surface area contributed by atoms with Crippen molar-refractivity contribution >= 4 is 17.4 Å². The van der Waals surface area contributed by atoms with Crippen molar-refractivity contribution in [2.45, 2.75) is 31.7 Å². The Morgan fingerprint density at radius 1 is 1.43 bits per heavy atom. The highest BCUT2D eigenvalue weighted by molar-refractivity contribution is 5.77. The molecule has 0 saturated carbocycles. The highest BCUT2D eigenvalue weighted by Gasteiger charge is 2.29. The topological polar surface area (TPSA) is 80.0 Å². The van der Waals surface area contributed by atoms with Crippen LogP contribution in [0.5, 0.6) is 5.75 Å². The number of carboxylic acids is 1. The van der Waals surface area contributed by atoms with Gasteiger partial charge in [-0.05, 0) is 30.0 Å². The first kappa shape index (κ1) is 18.2. The van der Waals surface area contributed by atoms with Gasteiger partial charge in [0.15, 0.2) is 5.82 Å². The van der Waals surface area contributed by atoms with E-state index in [1.807, 2.05) is 30.3 Å². The second kappa shape index (κ2) is 7.10. The minimum atomic E-state index is -0.850. The number of rotatable bonds is 5. The fourth-order valence-electron chi connectivity index (χ4n) is 4.03. The monoisotopic (exact) mass is 384 g/mol. The maximum absolute atomic E-state index is 13.1. The molecule has 0 spiro atoms. The van der Waals surface area contributed by atoms with Crippen LogP contribution in [0.3, 0.4) is 0 Å². The van der Waals surface area contributed by atoms with Gasteiger partial charge in [-0.25, -0.2) is 14.4 Å². The molecule has 8 heteroatoms. The molecule has 3 aromatic rings. The second-order valence-corrected chi connectivity index (χ2v) is 7.00. The normalized spacial score (nSPS) is 16.0. The van der Waals surface area contributed by atoms with E-state index in [1.54, 1.807) is 7.11 Å². The first-order valence-corrected chi connectivity index (χ1v) is 9.08. The Morgan fingerprint density at radius 2 is 2.18 bits per heavy atom. The molecule has 146 valence electrons. The standard InChI is InChI=1S/C20H21FN4O3/c1-24(20-22-10-12(21)11-23-20)13-3-4-15-16(9-19(26)27)18-8-14(28-2)5-6-25(18)17(15)7-13/h5-6,8,10-11,13H,3-4,7,9H2,1-2H3,(H,26,27). The van der Waals surface area contributed by atoms with E-state index in [-0.39, 0.29) is 12.5 Å². The smallest absolute Gasteiger partial charge is 0.307 e. The Hall–Kier alpha value is -3.16. The van der Waals surface area contributed by atoms with Gasteiger partial charge in [0.25, 0.3) is 0 Å². The number of pyridine rings is 1. The number of halogens is 1. The summed E-state index contributed by atoms with van der Waals surface area (Å²) in [6.07, 6.45) is 6.55. The van der Waals surface area contributed by atoms with Gasteiger partial charge in [0.1, 0.15) is 5.75 Å². The Balaban J connectivity index is 1.73. The number of hydrogen-bond donors (Lipinski definition) is 1. The van der Waals surface area contributed by atoms with Gasteiger partial charge in [0.05, 0.1) is 31.4 Å². The number of hydrogen-bond acceptors (Lipinski definition) is 5. The van der Waals surface area contributed by atoms with Crippen LogP contribution in [0.2, 0.25) is 0 Å². The summed E-state index contributed by atoms with van der Waals surface area (Å²) >= 11 is 0. The maximum atomic E-state index is 13.1.